The maximum atomic E-state index is 12.3. The van der Waals surface area contributed by atoms with Crippen LogP contribution in [-0.4, -0.2) is 43.0 Å². The number of carbonyl (C=O) groups excluding carboxylic acids is 2. The van der Waals surface area contributed by atoms with E-state index >= 15 is 0 Å². The Bertz CT molecular complexity index is 476. The largest absolute Gasteiger partial charge is 0.484 e. The number of hydrogen-bond acceptors (Lipinski definition) is 3. The topological polar surface area (TPSA) is 58.6 Å². The number of benzene rings is 1. The van der Waals surface area contributed by atoms with E-state index in [2.05, 4.69) is 5.32 Å². The zero-order chi connectivity index (χ0) is 15.6. The van der Waals surface area contributed by atoms with Crippen LogP contribution in [0, 0.1) is 0 Å². The van der Waals surface area contributed by atoms with Crippen molar-refractivity contribution in [3.05, 3.63) is 30.3 Å². The number of nitrogens with one attached hydrogen (secondary N) is 1. The monoisotopic (exact) mass is 304 g/mol. The van der Waals surface area contributed by atoms with E-state index in [1.165, 1.54) is 0 Å². The Morgan fingerprint density at radius 3 is 2.68 bits per heavy atom. The number of ether oxygens (including phenoxy) is 1. The summed E-state index contributed by atoms with van der Waals surface area (Å²) in [4.78, 5) is 25.7. The first-order chi connectivity index (χ1) is 10.8. The van der Waals surface area contributed by atoms with Gasteiger partial charge in [-0.05, 0) is 25.0 Å². The SMILES string of the molecule is O=C1CCN(C(=O)COc2ccccc2)CCCCCCN1. The molecule has 1 aliphatic heterocycles. The highest BCUT2D eigenvalue weighted by Crippen LogP contribution is 2.09. The van der Waals surface area contributed by atoms with Crippen LogP contribution < -0.4 is 10.1 Å². The van der Waals surface area contributed by atoms with Crippen LogP contribution >= 0.6 is 0 Å². The predicted octanol–water partition coefficient (Wildman–Crippen LogP) is 1.97. The van der Waals surface area contributed by atoms with E-state index in [1.54, 1.807) is 4.90 Å². The first-order valence-corrected chi connectivity index (χ1v) is 7.98. The summed E-state index contributed by atoms with van der Waals surface area (Å²) in [6, 6.07) is 9.30. The second kappa shape index (κ2) is 9.07. The van der Waals surface area contributed by atoms with Gasteiger partial charge < -0.3 is 15.0 Å². The van der Waals surface area contributed by atoms with Crippen molar-refractivity contribution in [1.29, 1.82) is 0 Å². The Morgan fingerprint density at radius 2 is 1.86 bits per heavy atom. The summed E-state index contributed by atoms with van der Waals surface area (Å²) in [6.45, 7) is 1.92. The first-order valence-electron chi connectivity index (χ1n) is 7.98. The summed E-state index contributed by atoms with van der Waals surface area (Å²) >= 11 is 0. The van der Waals surface area contributed by atoms with Gasteiger partial charge in [-0.2, -0.15) is 0 Å². The summed E-state index contributed by atoms with van der Waals surface area (Å²) in [5.41, 5.74) is 0. The van der Waals surface area contributed by atoms with Gasteiger partial charge in [0.25, 0.3) is 5.91 Å². The van der Waals surface area contributed by atoms with E-state index in [-0.39, 0.29) is 18.4 Å². The molecule has 1 aliphatic rings. The molecule has 5 nitrogen and oxygen atoms in total. The molecule has 0 aliphatic carbocycles. The highest BCUT2D eigenvalue weighted by atomic mass is 16.5. The van der Waals surface area contributed by atoms with Crippen molar-refractivity contribution in [3.8, 4) is 5.75 Å². The minimum atomic E-state index is -0.0594. The van der Waals surface area contributed by atoms with Crippen molar-refractivity contribution in [3.63, 3.8) is 0 Å². The quantitative estimate of drug-likeness (QED) is 0.929. The van der Waals surface area contributed by atoms with Crippen LogP contribution in [0.25, 0.3) is 0 Å². The minimum absolute atomic E-state index is 0.0173. The molecule has 2 amide bonds. The summed E-state index contributed by atoms with van der Waals surface area (Å²) in [5.74, 6) is 0.644. The van der Waals surface area contributed by atoms with Crippen LogP contribution in [0.4, 0.5) is 0 Å². The second-order valence-electron chi connectivity index (χ2n) is 5.50. The molecule has 1 fully saturated rings. The molecule has 0 radical (unpaired) electrons. The lowest BCUT2D eigenvalue weighted by Gasteiger charge is -2.22. The van der Waals surface area contributed by atoms with Crippen molar-refractivity contribution in [2.24, 2.45) is 0 Å². The Labute approximate surface area is 131 Å². The van der Waals surface area contributed by atoms with Crippen molar-refractivity contribution in [2.45, 2.75) is 32.1 Å². The molecule has 0 aromatic heterocycles. The van der Waals surface area contributed by atoms with Gasteiger partial charge in [-0.3, -0.25) is 9.59 Å². The van der Waals surface area contributed by atoms with Gasteiger partial charge in [-0.1, -0.05) is 31.0 Å². The molecule has 1 heterocycles. The average molecular weight is 304 g/mol. The number of para-hydroxylation sites is 1. The van der Waals surface area contributed by atoms with Gasteiger partial charge >= 0.3 is 0 Å². The molecular weight excluding hydrogens is 280 g/mol. The minimum Gasteiger partial charge on any atom is -0.484 e. The summed E-state index contributed by atoms with van der Waals surface area (Å²) in [6.07, 6.45) is 4.52. The fourth-order valence-corrected chi connectivity index (χ4v) is 2.45. The first kappa shape index (κ1) is 16.3. The van der Waals surface area contributed by atoms with E-state index in [9.17, 15) is 9.59 Å². The third-order valence-corrected chi connectivity index (χ3v) is 3.74. The Hall–Kier alpha value is -2.04. The summed E-state index contributed by atoms with van der Waals surface area (Å²) in [7, 11) is 0. The average Bonchev–Trinajstić information content (AvgIpc) is 2.59. The Kier molecular flexibility index (Phi) is 6.74. The number of carbonyl (C=O) groups is 2. The molecule has 1 N–H and O–H groups in total. The molecule has 0 spiro atoms. The van der Waals surface area contributed by atoms with E-state index in [0.717, 1.165) is 32.2 Å². The highest BCUT2D eigenvalue weighted by molar-refractivity contribution is 5.80. The van der Waals surface area contributed by atoms with E-state index in [4.69, 9.17) is 4.74 Å². The van der Waals surface area contributed by atoms with Crippen molar-refractivity contribution >= 4 is 11.8 Å². The van der Waals surface area contributed by atoms with E-state index < -0.39 is 0 Å². The Morgan fingerprint density at radius 1 is 1.09 bits per heavy atom. The van der Waals surface area contributed by atoms with Crippen LogP contribution in [0.1, 0.15) is 32.1 Å². The molecular formula is C17H24N2O3. The molecule has 120 valence electrons. The van der Waals surface area contributed by atoms with Crippen molar-refractivity contribution in [2.75, 3.05) is 26.2 Å². The molecule has 2 rings (SSSR count). The normalized spacial score (nSPS) is 17.3. The number of rotatable bonds is 3. The fourth-order valence-electron chi connectivity index (χ4n) is 2.45. The second-order valence-corrected chi connectivity index (χ2v) is 5.50. The maximum absolute atomic E-state index is 12.3. The number of hydrogen-bond donors (Lipinski definition) is 1. The molecule has 22 heavy (non-hydrogen) atoms. The zero-order valence-corrected chi connectivity index (χ0v) is 12.9. The van der Waals surface area contributed by atoms with Crippen LogP contribution in [0.15, 0.2) is 30.3 Å². The van der Waals surface area contributed by atoms with Crippen LogP contribution in [0.2, 0.25) is 0 Å². The zero-order valence-electron chi connectivity index (χ0n) is 12.9. The number of nitrogens with zero attached hydrogens (tertiary/aromatic N) is 1. The molecule has 1 aromatic carbocycles. The smallest absolute Gasteiger partial charge is 0.260 e. The maximum Gasteiger partial charge on any atom is 0.260 e. The van der Waals surface area contributed by atoms with Gasteiger partial charge in [0.2, 0.25) is 5.91 Å². The third-order valence-electron chi connectivity index (χ3n) is 3.74. The van der Waals surface area contributed by atoms with Gasteiger partial charge in [0, 0.05) is 26.1 Å². The van der Waals surface area contributed by atoms with Crippen LogP contribution in [-0.2, 0) is 9.59 Å². The predicted molar refractivity (Wildman–Crippen MR) is 84.6 cm³/mol. The van der Waals surface area contributed by atoms with E-state index in [0.29, 0.717) is 25.3 Å². The van der Waals surface area contributed by atoms with E-state index in [1.807, 2.05) is 30.3 Å². The molecule has 1 aromatic rings. The lowest BCUT2D eigenvalue weighted by atomic mass is 10.2. The lowest BCUT2D eigenvalue weighted by molar-refractivity contribution is -0.134. The van der Waals surface area contributed by atoms with Gasteiger partial charge in [-0.15, -0.1) is 0 Å². The molecule has 1 saturated heterocycles. The fraction of sp³-hybridized carbons (Fsp3) is 0.529. The third kappa shape index (κ3) is 5.76. The molecule has 0 unspecified atom stereocenters. The lowest BCUT2D eigenvalue weighted by Crippen LogP contribution is -2.38. The van der Waals surface area contributed by atoms with Gasteiger partial charge in [0.1, 0.15) is 5.75 Å². The molecule has 5 heteroatoms. The van der Waals surface area contributed by atoms with Crippen LogP contribution in [0.3, 0.4) is 0 Å². The number of amides is 2. The van der Waals surface area contributed by atoms with Crippen molar-refractivity contribution < 1.29 is 14.3 Å². The van der Waals surface area contributed by atoms with Gasteiger partial charge in [-0.25, -0.2) is 0 Å². The van der Waals surface area contributed by atoms with Gasteiger partial charge in [0.15, 0.2) is 6.61 Å². The summed E-state index contributed by atoms with van der Waals surface area (Å²) in [5, 5.41) is 2.89. The Balaban J connectivity index is 1.85. The standard InChI is InChI=1S/C17H24N2O3/c20-16-10-13-19(12-7-2-1-6-11-18-16)17(21)14-22-15-8-4-3-5-9-15/h3-5,8-9H,1-2,6-7,10-14H2,(H,18,20). The molecule has 0 atom stereocenters. The van der Waals surface area contributed by atoms with Crippen molar-refractivity contribution in [1.82, 2.24) is 10.2 Å². The molecule has 0 saturated carbocycles. The summed E-state index contributed by atoms with van der Waals surface area (Å²) < 4.78 is 5.51. The highest BCUT2D eigenvalue weighted by Gasteiger charge is 2.16. The van der Waals surface area contributed by atoms with Crippen LogP contribution in [0.5, 0.6) is 5.75 Å². The van der Waals surface area contributed by atoms with Gasteiger partial charge in [0.05, 0.1) is 0 Å². The molecule has 0 bridgehead atoms.